The van der Waals surface area contributed by atoms with E-state index in [1.807, 2.05) is 6.92 Å². The smallest absolute Gasteiger partial charge is 0.0224 e. The summed E-state index contributed by atoms with van der Waals surface area (Å²) >= 11 is 0. The number of hydrogen-bond donors (Lipinski definition) is 0. The van der Waals surface area contributed by atoms with Gasteiger partial charge in [0.1, 0.15) is 0 Å². The Morgan fingerprint density at radius 1 is 0.680 bits per heavy atom. The van der Waals surface area contributed by atoms with Crippen molar-refractivity contribution in [2.45, 2.75) is 48.5 Å². The normalized spacial score (nSPS) is 11.2. The molecule has 0 spiro atoms. The molecule has 0 fully saturated rings. The van der Waals surface area contributed by atoms with E-state index in [2.05, 4.69) is 97.2 Å². The molecule has 2 aromatic carbocycles. The Kier molecular flexibility index (Phi) is 7.64. The Balaban J connectivity index is 0.000000293. The number of rotatable bonds is 3. The summed E-state index contributed by atoms with van der Waals surface area (Å²) in [6.45, 7) is 22.7. The standard InChI is InChI=1S/C16H20.C9H12/c1-11(2)13(4)14(5)15(6)16-9-7-12(3)8-10-16;1-7-4-5-8(2)9(3)6-7/h7-10H,1,4H2,2-3,5-6H3;4-6H,1-3H3/b15-14+;. The third kappa shape index (κ3) is 6.23. The molecule has 0 aliphatic rings. The van der Waals surface area contributed by atoms with Crippen LogP contribution in [-0.4, -0.2) is 0 Å². The van der Waals surface area contributed by atoms with Gasteiger partial charge >= 0.3 is 0 Å². The summed E-state index contributed by atoms with van der Waals surface area (Å²) in [4.78, 5) is 0. The van der Waals surface area contributed by atoms with Crippen molar-refractivity contribution in [3.8, 4) is 0 Å². The molecule has 0 saturated carbocycles. The highest BCUT2D eigenvalue weighted by atomic mass is 14.1. The highest BCUT2D eigenvalue weighted by Gasteiger charge is 2.04. The van der Waals surface area contributed by atoms with Crippen molar-refractivity contribution in [2.75, 3.05) is 0 Å². The average molecular weight is 333 g/mol. The summed E-state index contributed by atoms with van der Waals surface area (Å²) in [5.74, 6) is 0. The predicted octanol–water partition coefficient (Wildman–Crippen LogP) is 7.53. The zero-order chi connectivity index (χ0) is 19.1. The minimum absolute atomic E-state index is 1.03. The SMILES string of the molecule is C=C(C)C(=C)/C(C)=C(\C)c1ccc(C)cc1.Cc1ccc(C)c(C)c1. The molecule has 0 heteroatoms. The van der Waals surface area contributed by atoms with Gasteiger partial charge in [-0.1, -0.05) is 72.3 Å². The molecule has 0 aliphatic carbocycles. The Labute approximate surface area is 154 Å². The molecule has 0 saturated heterocycles. The highest BCUT2D eigenvalue weighted by molar-refractivity contribution is 5.72. The van der Waals surface area contributed by atoms with Crippen LogP contribution in [0.3, 0.4) is 0 Å². The van der Waals surface area contributed by atoms with Crippen molar-refractivity contribution in [2.24, 2.45) is 0 Å². The van der Waals surface area contributed by atoms with Crippen LogP contribution in [0.15, 0.2) is 72.3 Å². The van der Waals surface area contributed by atoms with E-state index in [-0.39, 0.29) is 0 Å². The molecule has 0 nitrogen and oxygen atoms in total. The molecule has 0 aromatic heterocycles. The number of benzene rings is 2. The fourth-order valence-corrected chi connectivity index (χ4v) is 2.46. The topological polar surface area (TPSA) is 0 Å². The largest absolute Gasteiger partial charge is 0.0955 e. The first-order valence-electron chi connectivity index (χ1n) is 8.77. The van der Waals surface area contributed by atoms with Gasteiger partial charge in [0.25, 0.3) is 0 Å². The summed E-state index contributed by atoms with van der Waals surface area (Å²) < 4.78 is 0. The van der Waals surface area contributed by atoms with Crippen LogP contribution in [0.5, 0.6) is 0 Å². The van der Waals surface area contributed by atoms with E-state index >= 15 is 0 Å². The maximum absolute atomic E-state index is 4.06. The van der Waals surface area contributed by atoms with Crippen LogP contribution in [0.2, 0.25) is 0 Å². The van der Waals surface area contributed by atoms with Crippen LogP contribution in [0.25, 0.3) is 5.57 Å². The second-order valence-electron chi connectivity index (χ2n) is 6.96. The van der Waals surface area contributed by atoms with E-state index in [4.69, 9.17) is 0 Å². The molecule has 0 bridgehead atoms. The third-order valence-electron chi connectivity index (χ3n) is 4.68. The summed E-state index contributed by atoms with van der Waals surface area (Å²) in [5.41, 5.74) is 11.2. The van der Waals surface area contributed by atoms with E-state index in [9.17, 15) is 0 Å². The van der Waals surface area contributed by atoms with Crippen LogP contribution in [0.4, 0.5) is 0 Å². The van der Waals surface area contributed by atoms with E-state index in [0.717, 1.165) is 11.1 Å². The number of aryl methyl sites for hydroxylation is 4. The quantitative estimate of drug-likeness (QED) is 0.509. The lowest BCUT2D eigenvalue weighted by Crippen LogP contribution is -1.90. The third-order valence-corrected chi connectivity index (χ3v) is 4.68. The zero-order valence-electron chi connectivity index (χ0n) is 17.0. The molecule has 132 valence electrons. The molecule has 0 N–H and O–H groups in total. The van der Waals surface area contributed by atoms with Crippen molar-refractivity contribution in [3.63, 3.8) is 0 Å². The number of hydrogen-bond acceptors (Lipinski definition) is 0. The van der Waals surface area contributed by atoms with Crippen LogP contribution in [0, 0.1) is 27.7 Å². The lowest BCUT2D eigenvalue weighted by atomic mass is 9.94. The maximum atomic E-state index is 4.06. The van der Waals surface area contributed by atoms with Crippen LogP contribution in [0.1, 0.15) is 48.6 Å². The maximum Gasteiger partial charge on any atom is -0.0224 e. The van der Waals surface area contributed by atoms with Gasteiger partial charge in [-0.15, -0.1) is 0 Å². The van der Waals surface area contributed by atoms with E-state index in [1.54, 1.807) is 0 Å². The minimum atomic E-state index is 1.03. The second-order valence-corrected chi connectivity index (χ2v) is 6.96. The summed E-state index contributed by atoms with van der Waals surface area (Å²) in [7, 11) is 0. The molecule has 25 heavy (non-hydrogen) atoms. The summed E-state index contributed by atoms with van der Waals surface area (Å²) in [6, 6.07) is 15.1. The van der Waals surface area contributed by atoms with Gasteiger partial charge in [-0.3, -0.25) is 0 Å². The molecule has 0 radical (unpaired) electrons. The van der Waals surface area contributed by atoms with Gasteiger partial charge in [-0.2, -0.15) is 0 Å². The Morgan fingerprint density at radius 3 is 1.64 bits per heavy atom. The molecule has 2 aromatic rings. The first kappa shape index (κ1) is 20.7. The van der Waals surface area contributed by atoms with Crippen LogP contribution < -0.4 is 0 Å². The zero-order valence-corrected chi connectivity index (χ0v) is 17.0. The second kappa shape index (κ2) is 9.22. The molecule has 0 heterocycles. The number of allylic oxidation sites excluding steroid dienone is 4. The van der Waals surface area contributed by atoms with E-state index in [1.165, 1.54) is 39.0 Å². The lowest BCUT2D eigenvalue weighted by Gasteiger charge is -2.11. The molecule has 0 amide bonds. The fourth-order valence-electron chi connectivity index (χ4n) is 2.46. The van der Waals surface area contributed by atoms with Crippen molar-refractivity contribution in [3.05, 3.63) is 100 Å². The molecule has 0 aliphatic heterocycles. The minimum Gasteiger partial charge on any atom is -0.0955 e. The Morgan fingerprint density at radius 2 is 1.20 bits per heavy atom. The van der Waals surface area contributed by atoms with Crippen molar-refractivity contribution < 1.29 is 0 Å². The summed E-state index contributed by atoms with van der Waals surface area (Å²) in [6.07, 6.45) is 0. The van der Waals surface area contributed by atoms with Crippen LogP contribution >= 0.6 is 0 Å². The first-order chi connectivity index (χ1) is 11.6. The highest BCUT2D eigenvalue weighted by Crippen LogP contribution is 2.25. The van der Waals surface area contributed by atoms with Gasteiger partial charge in [0.05, 0.1) is 0 Å². The molecule has 0 unspecified atom stereocenters. The monoisotopic (exact) mass is 332 g/mol. The van der Waals surface area contributed by atoms with Crippen molar-refractivity contribution >= 4 is 5.57 Å². The van der Waals surface area contributed by atoms with Gasteiger partial charge in [0.15, 0.2) is 0 Å². The fraction of sp³-hybridized carbons (Fsp3) is 0.280. The van der Waals surface area contributed by atoms with E-state index < -0.39 is 0 Å². The predicted molar refractivity (Wildman–Crippen MR) is 114 cm³/mol. The Bertz CT molecular complexity index is 783. The Hall–Kier alpha value is -2.34. The molecule has 0 atom stereocenters. The molecule has 2 rings (SSSR count). The van der Waals surface area contributed by atoms with Crippen molar-refractivity contribution in [1.82, 2.24) is 0 Å². The van der Waals surface area contributed by atoms with Gasteiger partial charge in [-0.05, 0) is 81.9 Å². The van der Waals surface area contributed by atoms with Gasteiger partial charge in [0.2, 0.25) is 0 Å². The van der Waals surface area contributed by atoms with Crippen LogP contribution in [-0.2, 0) is 0 Å². The first-order valence-corrected chi connectivity index (χ1v) is 8.77. The van der Waals surface area contributed by atoms with E-state index in [0.29, 0.717) is 0 Å². The van der Waals surface area contributed by atoms with Gasteiger partial charge in [-0.25, -0.2) is 0 Å². The van der Waals surface area contributed by atoms with Crippen molar-refractivity contribution in [1.29, 1.82) is 0 Å². The lowest BCUT2D eigenvalue weighted by molar-refractivity contribution is 1.30. The molecular weight excluding hydrogens is 300 g/mol. The van der Waals surface area contributed by atoms with Gasteiger partial charge in [0, 0.05) is 0 Å². The average Bonchev–Trinajstić information content (AvgIpc) is 2.57. The van der Waals surface area contributed by atoms with Gasteiger partial charge < -0.3 is 0 Å². The molecular formula is C25H32. The summed E-state index contributed by atoms with van der Waals surface area (Å²) in [5, 5.41) is 0.